The SMILES string of the molecule is CCc1cc(Nc2nccn3c(I)cnc23)ccc1C(=O)NCCCN(C(=O)O)C(C)(C)C. The quantitative estimate of drug-likeness (QED) is 0.274. The van der Waals surface area contributed by atoms with Crippen molar-refractivity contribution < 1.29 is 14.7 Å². The van der Waals surface area contributed by atoms with Crippen LogP contribution in [0, 0.1) is 3.70 Å². The summed E-state index contributed by atoms with van der Waals surface area (Å²) in [7, 11) is 0. The van der Waals surface area contributed by atoms with Gasteiger partial charge in [-0.05, 0) is 80.0 Å². The summed E-state index contributed by atoms with van der Waals surface area (Å²) >= 11 is 2.22. The van der Waals surface area contributed by atoms with Crippen LogP contribution in [0.5, 0.6) is 0 Å². The highest BCUT2D eigenvalue weighted by Gasteiger charge is 2.25. The number of aryl methyl sites for hydroxylation is 1. The van der Waals surface area contributed by atoms with Crippen LogP contribution in [-0.4, -0.2) is 55.0 Å². The second kappa shape index (κ2) is 10.4. The fourth-order valence-corrected chi connectivity index (χ4v) is 4.08. The Labute approximate surface area is 206 Å². The van der Waals surface area contributed by atoms with Gasteiger partial charge in [0.15, 0.2) is 11.5 Å². The summed E-state index contributed by atoms with van der Waals surface area (Å²) in [5.74, 6) is 0.473. The van der Waals surface area contributed by atoms with E-state index in [9.17, 15) is 14.7 Å². The first kappa shape index (κ1) is 24.7. The molecule has 9 nitrogen and oxygen atoms in total. The van der Waals surface area contributed by atoms with Gasteiger partial charge in [-0.1, -0.05) is 6.92 Å². The van der Waals surface area contributed by atoms with Gasteiger partial charge in [-0.2, -0.15) is 0 Å². The molecular formula is C23H29IN6O3. The zero-order valence-electron chi connectivity index (χ0n) is 19.2. The number of benzene rings is 1. The zero-order valence-corrected chi connectivity index (χ0v) is 21.4. The summed E-state index contributed by atoms with van der Waals surface area (Å²) in [5.41, 5.74) is 2.58. The van der Waals surface area contributed by atoms with Gasteiger partial charge in [0, 0.05) is 42.3 Å². The maximum absolute atomic E-state index is 12.8. The van der Waals surface area contributed by atoms with Crippen molar-refractivity contribution in [2.24, 2.45) is 0 Å². The van der Waals surface area contributed by atoms with Crippen LogP contribution in [0.25, 0.3) is 5.65 Å². The molecule has 10 heteroatoms. The first-order valence-corrected chi connectivity index (χ1v) is 11.9. The van der Waals surface area contributed by atoms with Crippen molar-refractivity contribution in [3.8, 4) is 0 Å². The summed E-state index contributed by atoms with van der Waals surface area (Å²) in [5, 5.41) is 15.6. The maximum Gasteiger partial charge on any atom is 0.407 e. The number of nitrogens with one attached hydrogen (secondary N) is 2. The third kappa shape index (κ3) is 5.92. The zero-order chi connectivity index (χ0) is 24.2. The number of amides is 2. The van der Waals surface area contributed by atoms with Crippen LogP contribution < -0.4 is 10.6 Å². The van der Waals surface area contributed by atoms with Crippen molar-refractivity contribution in [2.45, 2.75) is 46.1 Å². The van der Waals surface area contributed by atoms with Crippen molar-refractivity contribution in [3.05, 3.63) is 51.6 Å². The molecule has 0 spiro atoms. The number of anilines is 2. The number of aromatic nitrogens is 3. The fourth-order valence-electron chi connectivity index (χ4n) is 3.55. The lowest BCUT2D eigenvalue weighted by molar-refractivity contribution is 0.0936. The van der Waals surface area contributed by atoms with Gasteiger partial charge in [-0.25, -0.2) is 14.8 Å². The van der Waals surface area contributed by atoms with Crippen LogP contribution in [0.3, 0.4) is 0 Å². The van der Waals surface area contributed by atoms with Gasteiger partial charge < -0.3 is 20.6 Å². The number of imidazole rings is 1. The van der Waals surface area contributed by atoms with Crippen LogP contribution in [-0.2, 0) is 6.42 Å². The molecule has 0 bridgehead atoms. The number of rotatable bonds is 8. The highest BCUT2D eigenvalue weighted by atomic mass is 127. The molecule has 0 unspecified atom stereocenters. The van der Waals surface area contributed by atoms with E-state index in [1.807, 2.05) is 50.4 Å². The number of hydrogen-bond donors (Lipinski definition) is 3. The Balaban J connectivity index is 1.65. The summed E-state index contributed by atoms with van der Waals surface area (Å²) in [6.45, 7) is 8.31. The van der Waals surface area contributed by atoms with Gasteiger partial charge in [0.1, 0.15) is 3.70 Å². The topological polar surface area (TPSA) is 112 Å². The lowest BCUT2D eigenvalue weighted by atomic mass is 10.0. The molecule has 33 heavy (non-hydrogen) atoms. The Morgan fingerprint density at radius 1 is 1.24 bits per heavy atom. The first-order chi connectivity index (χ1) is 15.6. The number of fused-ring (bicyclic) bond motifs is 1. The number of carbonyl (C=O) groups is 2. The van der Waals surface area contributed by atoms with Crippen molar-refractivity contribution in [1.82, 2.24) is 24.6 Å². The molecule has 2 aromatic heterocycles. The molecule has 1 aromatic carbocycles. The van der Waals surface area contributed by atoms with E-state index in [1.165, 1.54) is 4.90 Å². The van der Waals surface area contributed by atoms with Crippen LogP contribution in [0.1, 0.15) is 50.0 Å². The summed E-state index contributed by atoms with van der Waals surface area (Å²) in [4.78, 5) is 34.4. The number of carbonyl (C=O) groups excluding carboxylic acids is 1. The fraction of sp³-hybridized carbons (Fsp3) is 0.391. The molecule has 0 saturated carbocycles. The van der Waals surface area contributed by atoms with Crippen LogP contribution in [0.2, 0.25) is 0 Å². The average molecular weight is 564 g/mol. The first-order valence-electron chi connectivity index (χ1n) is 10.8. The lowest BCUT2D eigenvalue weighted by Gasteiger charge is -2.33. The Morgan fingerprint density at radius 2 is 2.00 bits per heavy atom. The van der Waals surface area contributed by atoms with Crippen molar-refractivity contribution in [2.75, 3.05) is 18.4 Å². The predicted molar refractivity (Wildman–Crippen MR) is 136 cm³/mol. The van der Waals surface area contributed by atoms with Crippen molar-refractivity contribution in [1.29, 1.82) is 0 Å². The van der Waals surface area contributed by atoms with Gasteiger partial charge >= 0.3 is 6.09 Å². The standard InChI is InChI=1S/C23H29IN6O3/c1-5-15-13-16(28-19-20-27-14-18(24)29(20)12-10-25-19)7-8-17(15)21(31)26-9-6-11-30(22(32)33)23(2,3)4/h7-8,10,12-14H,5-6,9,11H2,1-4H3,(H,25,28)(H,26,31)(H,32,33). The van der Waals surface area contributed by atoms with E-state index in [-0.39, 0.29) is 5.91 Å². The molecule has 0 aliphatic heterocycles. The molecule has 2 amide bonds. The minimum Gasteiger partial charge on any atom is -0.465 e. The van der Waals surface area contributed by atoms with E-state index in [2.05, 4.69) is 43.2 Å². The average Bonchev–Trinajstić information content (AvgIpc) is 3.14. The van der Waals surface area contributed by atoms with E-state index in [4.69, 9.17) is 0 Å². The second-order valence-electron chi connectivity index (χ2n) is 8.62. The number of nitrogens with zero attached hydrogens (tertiary/aromatic N) is 4. The van der Waals surface area contributed by atoms with Gasteiger partial charge in [-0.3, -0.25) is 9.20 Å². The highest BCUT2D eigenvalue weighted by molar-refractivity contribution is 14.1. The third-order valence-electron chi connectivity index (χ3n) is 5.26. The van der Waals surface area contributed by atoms with Gasteiger partial charge in [0.25, 0.3) is 5.91 Å². The second-order valence-corrected chi connectivity index (χ2v) is 9.72. The molecule has 0 atom stereocenters. The molecule has 3 aromatic rings. The molecular weight excluding hydrogens is 535 g/mol. The normalized spacial score (nSPS) is 11.4. The Bertz CT molecular complexity index is 1150. The number of carboxylic acid groups (broad SMARTS) is 1. The Hall–Kier alpha value is -2.89. The Kier molecular flexibility index (Phi) is 7.77. The summed E-state index contributed by atoms with van der Waals surface area (Å²) in [6.07, 6.45) is 5.62. The molecule has 3 rings (SSSR count). The van der Waals surface area contributed by atoms with E-state index in [0.717, 1.165) is 20.6 Å². The molecule has 3 N–H and O–H groups in total. The molecule has 0 aliphatic carbocycles. The smallest absolute Gasteiger partial charge is 0.407 e. The van der Waals surface area contributed by atoms with E-state index in [1.54, 1.807) is 18.5 Å². The maximum atomic E-state index is 12.8. The van der Waals surface area contributed by atoms with Crippen LogP contribution in [0.15, 0.2) is 36.8 Å². The van der Waals surface area contributed by atoms with Gasteiger partial charge in [-0.15, -0.1) is 0 Å². The van der Waals surface area contributed by atoms with Gasteiger partial charge in [0.2, 0.25) is 0 Å². The van der Waals surface area contributed by atoms with Crippen LogP contribution >= 0.6 is 22.6 Å². The molecule has 176 valence electrons. The molecule has 0 radical (unpaired) electrons. The Morgan fingerprint density at radius 3 is 2.67 bits per heavy atom. The minimum absolute atomic E-state index is 0.168. The lowest BCUT2D eigenvalue weighted by Crippen LogP contribution is -2.46. The predicted octanol–water partition coefficient (Wildman–Crippen LogP) is 4.54. The minimum atomic E-state index is -0.958. The third-order valence-corrected chi connectivity index (χ3v) is 6.06. The van der Waals surface area contributed by atoms with Crippen LogP contribution in [0.4, 0.5) is 16.3 Å². The van der Waals surface area contributed by atoms with Crippen molar-refractivity contribution in [3.63, 3.8) is 0 Å². The summed E-state index contributed by atoms with van der Waals surface area (Å²) < 4.78 is 2.94. The van der Waals surface area contributed by atoms with E-state index >= 15 is 0 Å². The number of hydrogen-bond acceptors (Lipinski definition) is 5. The highest BCUT2D eigenvalue weighted by Crippen LogP contribution is 2.23. The molecule has 0 saturated heterocycles. The van der Waals surface area contributed by atoms with Crippen molar-refractivity contribution >= 4 is 51.7 Å². The van der Waals surface area contributed by atoms with E-state index in [0.29, 0.717) is 37.3 Å². The molecule has 0 fully saturated rings. The largest absolute Gasteiger partial charge is 0.465 e. The van der Waals surface area contributed by atoms with Gasteiger partial charge in [0.05, 0.1) is 6.20 Å². The molecule has 2 heterocycles. The monoisotopic (exact) mass is 564 g/mol. The summed E-state index contributed by atoms with van der Waals surface area (Å²) in [6, 6.07) is 5.59. The van der Waals surface area contributed by atoms with E-state index < -0.39 is 11.6 Å². The number of halogens is 1. The molecule has 0 aliphatic rings.